The van der Waals surface area contributed by atoms with Gasteiger partial charge in [0.05, 0.1) is 0 Å². The Labute approximate surface area is 120 Å². The highest BCUT2D eigenvalue weighted by Crippen LogP contribution is 2.21. The van der Waals surface area contributed by atoms with Crippen molar-refractivity contribution >= 4 is 0 Å². The molecule has 0 aromatic carbocycles. The summed E-state index contributed by atoms with van der Waals surface area (Å²) in [4.78, 5) is 11.3. The third-order valence-corrected chi connectivity index (χ3v) is 4.13. The van der Waals surface area contributed by atoms with Crippen molar-refractivity contribution in [2.24, 2.45) is 0 Å². The van der Waals surface area contributed by atoms with Gasteiger partial charge in [-0.05, 0) is 57.5 Å². The van der Waals surface area contributed by atoms with Crippen molar-refractivity contribution in [2.45, 2.75) is 39.7 Å². The predicted molar refractivity (Wildman–Crippen MR) is 80.0 cm³/mol. The van der Waals surface area contributed by atoms with E-state index >= 15 is 0 Å². The van der Waals surface area contributed by atoms with E-state index in [2.05, 4.69) is 39.3 Å². The quantitative estimate of drug-likeness (QED) is 0.860. The summed E-state index contributed by atoms with van der Waals surface area (Å²) in [5.74, 6) is 0.771. The fourth-order valence-electron chi connectivity index (χ4n) is 3.06. The fourth-order valence-corrected chi connectivity index (χ4v) is 3.06. The topological polar surface area (TPSA) is 34.0 Å². The van der Waals surface area contributed by atoms with Crippen LogP contribution in [-0.2, 0) is 6.54 Å². The summed E-state index contributed by atoms with van der Waals surface area (Å²) >= 11 is 0. The van der Waals surface area contributed by atoms with E-state index in [0.717, 1.165) is 12.5 Å². The van der Waals surface area contributed by atoms with Crippen molar-refractivity contribution in [2.75, 3.05) is 13.1 Å². The van der Waals surface area contributed by atoms with Crippen LogP contribution in [0.25, 0.3) is 5.95 Å². The standard InChI is InChI=1S/C16H22N4/c1-13-11-15(12-19-9-4-3-5-10-19)14(2)20(13)16-17-7-6-8-18-16/h6-8,11H,3-5,9-10,12H2,1-2H3. The van der Waals surface area contributed by atoms with E-state index in [9.17, 15) is 0 Å². The molecule has 1 aliphatic heterocycles. The van der Waals surface area contributed by atoms with Crippen molar-refractivity contribution in [3.05, 3.63) is 41.5 Å². The summed E-state index contributed by atoms with van der Waals surface area (Å²) in [6, 6.07) is 4.13. The second-order valence-corrected chi connectivity index (χ2v) is 5.62. The Morgan fingerprint density at radius 1 is 1.05 bits per heavy atom. The molecule has 106 valence electrons. The van der Waals surface area contributed by atoms with Gasteiger partial charge in [0.2, 0.25) is 5.95 Å². The van der Waals surface area contributed by atoms with Crippen LogP contribution in [0.3, 0.4) is 0 Å². The normalized spacial score (nSPS) is 16.5. The summed E-state index contributed by atoms with van der Waals surface area (Å²) in [5, 5.41) is 0. The predicted octanol–water partition coefficient (Wildman–Crippen LogP) is 2.87. The van der Waals surface area contributed by atoms with E-state index < -0.39 is 0 Å². The van der Waals surface area contributed by atoms with Gasteiger partial charge in [-0.25, -0.2) is 9.97 Å². The number of aromatic nitrogens is 3. The monoisotopic (exact) mass is 270 g/mol. The molecule has 20 heavy (non-hydrogen) atoms. The minimum Gasteiger partial charge on any atom is -0.299 e. The summed E-state index contributed by atoms with van der Waals surface area (Å²) in [7, 11) is 0. The number of rotatable bonds is 3. The number of hydrogen-bond acceptors (Lipinski definition) is 3. The van der Waals surface area contributed by atoms with Crippen LogP contribution in [0.2, 0.25) is 0 Å². The van der Waals surface area contributed by atoms with Crippen LogP contribution in [0.1, 0.15) is 36.2 Å². The van der Waals surface area contributed by atoms with Gasteiger partial charge in [-0.2, -0.15) is 0 Å². The van der Waals surface area contributed by atoms with E-state index in [4.69, 9.17) is 0 Å². The largest absolute Gasteiger partial charge is 0.299 e. The molecule has 4 nitrogen and oxygen atoms in total. The summed E-state index contributed by atoms with van der Waals surface area (Å²) in [6.07, 6.45) is 7.64. The van der Waals surface area contributed by atoms with Crippen molar-refractivity contribution in [1.82, 2.24) is 19.4 Å². The van der Waals surface area contributed by atoms with Gasteiger partial charge in [0.15, 0.2) is 0 Å². The van der Waals surface area contributed by atoms with Gasteiger partial charge in [0, 0.05) is 30.3 Å². The van der Waals surface area contributed by atoms with Crippen LogP contribution < -0.4 is 0 Å². The molecule has 2 aromatic heterocycles. The third kappa shape index (κ3) is 2.61. The van der Waals surface area contributed by atoms with Crippen molar-refractivity contribution in [3.8, 4) is 5.95 Å². The molecule has 4 heteroatoms. The van der Waals surface area contributed by atoms with Gasteiger partial charge in [-0.3, -0.25) is 9.47 Å². The lowest BCUT2D eigenvalue weighted by Crippen LogP contribution is -2.29. The maximum absolute atomic E-state index is 4.37. The molecular formula is C16H22N4. The van der Waals surface area contributed by atoms with E-state index in [1.165, 1.54) is 49.3 Å². The fraction of sp³-hybridized carbons (Fsp3) is 0.500. The average molecular weight is 270 g/mol. The zero-order valence-corrected chi connectivity index (χ0v) is 12.3. The molecule has 0 radical (unpaired) electrons. The van der Waals surface area contributed by atoms with E-state index in [-0.39, 0.29) is 0 Å². The van der Waals surface area contributed by atoms with Crippen LogP contribution in [0.5, 0.6) is 0 Å². The lowest BCUT2D eigenvalue weighted by molar-refractivity contribution is 0.220. The molecular weight excluding hydrogens is 248 g/mol. The van der Waals surface area contributed by atoms with E-state index in [1.807, 2.05) is 6.07 Å². The number of nitrogens with zero attached hydrogens (tertiary/aromatic N) is 4. The molecule has 0 unspecified atom stereocenters. The minimum absolute atomic E-state index is 0.771. The summed E-state index contributed by atoms with van der Waals surface area (Å²) in [6.45, 7) is 7.80. The second-order valence-electron chi connectivity index (χ2n) is 5.62. The van der Waals surface area contributed by atoms with Crippen molar-refractivity contribution in [1.29, 1.82) is 0 Å². The molecule has 0 bridgehead atoms. The molecule has 0 atom stereocenters. The maximum atomic E-state index is 4.37. The molecule has 3 heterocycles. The lowest BCUT2D eigenvalue weighted by Gasteiger charge is -2.26. The zero-order valence-electron chi connectivity index (χ0n) is 12.3. The smallest absolute Gasteiger partial charge is 0.233 e. The highest BCUT2D eigenvalue weighted by molar-refractivity contribution is 5.33. The Bertz CT molecular complexity index is 568. The molecule has 1 aliphatic rings. The number of aryl methyl sites for hydroxylation is 1. The van der Waals surface area contributed by atoms with Gasteiger partial charge >= 0.3 is 0 Å². The maximum Gasteiger partial charge on any atom is 0.233 e. The van der Waals surface area contributed by atoms with Gasteiger partial charge in [0.1, 0.15) is 0 Å². The van der Waals surface area contributed by atoms with Gasteiger partial charge in [-0.1, -0.05) is 6.42 Å². The highest BCUT2D eigenvalue weighted by atomic mass is 15.2. The Balaban J connectivity index is 1.87. The van der Waals surface area contributed by atoms with Crippen LogP contribution >= 0.6 is 0 Å². The second kappa shape index (κ2) is 5.75. The summed E-state index contributed by atoms with van der Waals surface area (Å²) < 4.78 is 2.15. The molecule has 1 saturated heterocycles. The first-order valence-electron chi connectivity index (χ1n) is 7.43. The van der Waals surface area contributed by atoms with Crippen molar-refractivity contribution < 1.29 is 0 Å². The average Bonchev–Trinajstić information content (AvgIpc) is 2.75. The number of piperidine rings is 1. The summed E-state index contributed by atoms with van der Waals surface area (Å²) in [5.41, 5.74) is 3.87. The lowest BCUT2D eigenvalue weighted by atomic mass is 10.1. The van der Waals surface area contributed by atoms with E-state index in [1.54, 1.807) is 12.4 Å². The molecule has 0 aliphatic carbocycles. The molecule has 0 spiro atoms. The Kier molecular flexibility index (Phi) is 3.83. The van der Waals surface area contributed by atoms with Gasteiger partial charge in [0.25, 0.3) is 0 Å². The van der Waals surface area contributed by atoms with Gasteiger partial charge < -0.3 is 0 Å². The third-order valence-electron chi connectivity index (χ3n) is 4.13. The Morgan fingerprint density at radius 3 is 2.45 bits per heavy atom. The van der Waals surface area contributed by atoms with Crippen LogP contribution in [0.15, 0.2) is 24.5 Å². The van der Waals surface area contributed by atoms with Crippen LogP contribution in [0, 0.1) is 13.8 Å². The zero-order chi connectivity index (χ0) is 13.9. The van der Waals surface area contributed by atoms with Crippen LogP contribution in [-0.4, -0.2) is 32.5 Å². The Morgan fingerprint density at radius 2 is 1.75 bits per heavy atom. The van der Waals surface area contributed by atoms with E-state index in [0.29, 0.717) is 0 Å². The first-order valence-corrected chi connectivity index (χ1v) is 7.43. The molecule has 3 rings (SSSR count). The van der Waals surface area contributed by atoms with Crippen molar-refractivity contribution in [3.63, 3.8) is 0 Å². The molecule has 0 N–H and O–H groups in total. The molecule has 0 amide bonds. The highest BCUT2D eigenvalue weighted by Gasteiger charge is 2.16. The van der Waals surface area contributed by atoms with Crippen LogP contribution in [0.4, 0.5) is 0 Å². The molecule has 2 aromatic rings. The SMILES string of the molecule is Cc1cc(CN2CCCCC2)c(C)n1-c1ncccn1. The first-order chi connectivity index (χ1) is 9.75. The van der Waals surface area contributed by atoms with Gasteiger partial charge in [-0.15, -0.1) is 0 Å². The Hall–Kier alpha value is -1.68. The minimum atomic E-state index is 0.771. The number of hydrogen-bond donors (Lipinski definition) is 0. The first kappa shape index (κ1) is 13.3. The molecule has 0 saturated carbocycles. The number of likely N-dealkylation sites (tertiary alicyclic amines) is 1. The molecule has 1 fully saturated rings.